The highest BCUT2D eigenvalue weighted by molar-refractivity contribution is 8.00. The van der Waals surface area contributed by atoms with Crippen LogP contribution in [0.15, 0.2) is 29.2 Å². The van der Waals surface area contributed by atoms with E-state index in [-0.39, 0.29) is 10.6 Å². The maximum absolute atomic E-state index is 9.44. The Hall–Kier alpha value is -0.380. The number of para-hydroxylation sites is 1. The van der Waals surface area contributed by atoms with Crippen molar-refractivity contribution in [1.29, 1.82) is 0 Å². The van der Waals surface area contributed by atoms with Gasteiger partial charge in [0.1, 0.15) is 0 Å². The first kappa shape index (κ1) is 14.7. The van der Waals surface area contributed by atoms with Crippen molar-refractivity contribution in [3.63, 3.8) is 0 Å². The van der Waals surface area contributed by atoms with Gasteiger partial charge in [-0.2, -0.15) is 0 Å². The third-order valence-electron chi connectivity index (χ3n) is 2.01. The summed E-state index contributed by atoms with van der Waals surface area (Å²) in [5.41, 5.74) is 1.05. The van der Waals surface area contributed by atoms with Crippen molar-refractivity contribution in [3.8, 4) is 0 Å². The molecule has 17 heavy (non-hydrogen) atoms. The number of alkyl halides is 1. The van der Waals surface area contributed by atoms with Gasteiger partial charge in [0.25, 0.3) is 0 Å². The van der Waals surface area contributed by atoms with Crippen LogP contribution >= 0.6 is 23.4 Å². The van der Waals surface area contributed by atoms with Crippen molar-refractivity contribution >= 4 is 29.1 Å². The Balaban J connectivity index is 2.71. The SMILES string of the molecule is CC(C)(C)Sc1ccccc1NCC(O)CCl. The monoisotopic (exact) mass is 273 g/mol. The Kier molecular flexibility index (Phi) is 5.63. The van der Waals surface area contributed by atoms with Crippen LogP contribution in [0.4, 0.5) is 5.69 Å². The molecule has 0 bridgehead atoms. The van der Waals surface area contributed by atoms with E-state index in [1.807, 2.05) is 30.0 Å². The van der Waals surface area contributed by atoms with E-state index in [0.29, 0.717) is 6.54 Å². The lowest BCUT2D eigenvalue weighted by atomic mass is 10.3. The lowest BCUT2D eigenvalue weighted by Crippen LogP contribution is -2.21. The van der Waals surface area contributed by atoms with Crippen molar-refractivity contribution < 1.29 is 5.11 Å². The quantitative estimate of drug-likeness (QED) is 0.635. The third-order valence-corrected chi connectivity index (χ3v) is 3.55. The van der Waals surface area contributed by atoms with Crippen LogP contribution in [0.1, 0.15) is 20.8 Å². The van der Waals surface area contributed by atoms with E-state index in [2.05, 4.69) is 32.2 Å². The number of aliphatic hydroxyl groups is 1. The van der Waals surface area contributed by atoms with E-state index < -0.39 is 6.10 Å². The zero-order valence-corrected chi connectivity index (χ0v) is 12.1. The fourth-order valence-corrected chi connectivity index (χ4v) is 2.48. The molecule has 0 amide bonds. The zero-order chi connectivity index (χ0) is 12.9. The van der Waals surface area contributed by atoms with Crippen LogP contribution in [0.5, 0.6) is 0 Å². The molecule has 96 valence electrons. The highest BCUT2D eigenvalue weighted by Crippen LogP contribution is 2.36. The molecule has 2 nitrogen and oxygen atoms in total. The minimum Gasteiger partial charge on any atom is -0.390 e. The van der Waals surface area contributed by atoms with Crippen LogP contribution in [0.2, 0.25) is 0 Å². The van der Waals surface area contributed by atoms with Gasteiger partial charge >= 0.3 is 0 Å². The average Bonchev–Trinajstić information content (AvgIpc) is 2.25. The van der Waals surface area contributed by atoms with Gasteiger partial charge in [-0.25, -0.2) is 0 Å². The Bertz CT molecular complexity index is 352. The average molecular weight is 274 g/mol. The summed E-state index contributed by atoms with van der Waals surface area (Å²) in [6.45, 7) is 7.03. The van der Waals surface area contributed by atoms with Gasteiger partial charge in [-0.1, -0.05) is 32.9 Å². The maximum atomic E-state index is 9.44. The summed E-state index contributed by atoms with van der Waals surface area (Å²) in [6.07, 6.45) is -0.510. The number of benzene rings is 1. The summed E-state index contributed by atoms with van der Waals surface area (Å²) in [5.74, 6) is 0.252. The molecule has 4 heteroatoms. The summed E-state index contributed by atoms with van der Waals surface area (Å²) in [6, 6.07) is 8.12. The molecule has 2 N–H and O–H groups in total. The predicted molar refractivity (Wildman–Crippen MR) is 77.3 cm³/mol. The van der Waals surface area contributed by atoms with Gasteiger partial charge < -0.3 is 10.4 Å². The lowest BCUT2D eigenvalue weighted by Gasteiger charge is -2.20. The molecule has 0 aliphatic rings. The standard InChI is InChI=1S/C13H20ClNOS/c1-13(2,3)17-12-7-5-4-6-11(12)15-9-10(16)8-14/h4-7,10,15-16H,8-9H2,1-3H3. The van der Waals surface area contributed by atoms with Crippen molar-refractivity contribution in [1.82, 2.24) is 0 Å². The Labute approximate surface area is 113 Å². The largest absolute Gasteiger partial charge is 0.390 e. The number of thioether (sulfide) groups is 1. The van der Waals surface area contributed by atoms with Crippen molar-refractivity contribution in [3.05, 3.63) is 24.3 Å². The molecule has 0 aliphatic carbocycles. The van der Waals surface area contributed by atoms with E-state index in [4.69, 9.17) is 11.6 Å². The van der Waals surface area contributed by atoms with Crippen LogP contribution in [-0.2, 0) is 0 Å². The van der Waals surface area contributed by atoms with Gasteiger partial charge in [0.2, 0.25) is 0 Å². The molecule has 0 saturated heterocycles. The molecule has 0 spiro atoms. The summed E-state index contributed by atoms with van der Waals surface area (Å²) >= 11 is 7.38. The van der Waals surface area contributed by atoms with E-state index in [1.165, 1.54) is 4.90 Å². The fraction of sp³-hybridized carbons (Fsp3) is 0.538. The van der Waals surface area contributed by atoms with Gasteiger partial charge in [-0.15, -0.1) is 23.4 Å². The highest BCUT2D eigenvalue weighted by Gasteiger charge is 2.14. The summed E-state index contributed by atoms with van der Waals surface area (Å²) in [7, 11) is 0. The fourth-order valence-electron chi connectivity index (χ4n) is 1.31. The number of nitrogens with one attached hydrogen (secondary N) is 1. The molecule has 0 aliphatic heterocycles. The van der Waals surface area contributed by atoms with E-state index in [9.17, 15) is 5.11 Å². The van der Waals surface area contributed by atoms with Crippen LogP contribution < -0.4 is 5.32 Å². The normalized spacial score (nSPS) is 13.5. The molecule has 1 atom stereocenters. The highest BCUT2D eigenvalue weighted by atomic mass is 35.5. The maximum Gasteiger partial charge on any atom is 0.0847 e. The number of aliphatic hydroxyl groups excluding tert-OH is 1. The topological polar surface area (TPSA) is 32.3 Å². The van der Waals surface area contributed by atoms with Crippen LogP contribution in [0.3, 0.4) is 0 Å². The minimum atomic E-state index is -0.510. The first-order valence-corrected chi connectivity index (χ1v) is 7.03. The van der Waals surface area contributed by atoms with Crippen LogP contribution in [0, 0.1) is 0 Å². The molecule has 1 aromatic rings. The van der Waals surface area contributed by atoms with Crippen molar-refractivity contribution in [2.45, 2.75) is 36.5 Å². The number of hydrogen-bond acceptors (Lipinski definition) is 3. The molecule has 0 heterocycles. The molecule has 0 fully saturated rings. The summed E-state index contributed by atoms with van der Waals surface area (Å²) in [4.78, 5) is 1.20. The predicted octanol–water partition coefficient (Wildman–Crippen LogP) is 3.59. The lowest BCUT2D eigenvalue weighted by molar-refractivity contribution is 0.211. The van der Waals surface area contributed by atoms with Gasteiger partial charge in [-0.3, -0.25) is 0 Å². The number of anilines is 1. The molecule has 0 aromatic heterocycles. The molecule has 1 rings (SSSR count). The van der Waals surface area contributed by atoms with Crippen molar-refractivity contribution in [2.24, 2.45) is 0 Å². The Morgan fingerprint density at radius 2 is 2.00 bits per heavy atom. The smallest absolute Gasteiger partial charge is 0.0847 e. The third kappa shape index (κ3) is 5.66. The van der Waals surface area contributed by atoms with E-state index in [1.54, 1.807) is 0 Å². The van der Waals surface area contributed by atoms with Crippen LogP contribution in [0.25, 0.3) is 0 Å². The zero-order valence-electron chi connectivity index (χ0n) is 10.5. The molecule has 1 unspecified atom stereocenters. The van der Waals surface area contributed by atoms with E-state index in [0.717, 1.165) is 5.69 Å². The second-order valence-electron chi connectivity index (χ2n) is 4.90. The van der Waals surface area contributed by atoms with Gasteiger partial charge in [0, 0.05) is 21.9 Å². The molecule has 0 saturated carbocycles. The van der Waals surface area contributed by atoms with Gasteiger partial charge in [-0.05, 0) is 12.1 Å². The van der Waals surface area contributed by atoms with Crippen molar-refractivity contribution in [2.75, 3.05) is 17.7 Å². The van der Waals surface area contributed by atoms with Gasteiger partial charge in [0.15, 0.2) is 0 Å². The van der Waals surface area contributed by atoms with E-state index >= 15 is 0 Å². The molecule has 0 radical (unpaired) electrons. The first-order chi connectivity index (χ1) is 7.92. The Morgan fingerprint density at radius 1 is 1.35 bits per heavy atom. The molecular formula is C13H20ClNOS. The summed E-state index contributed by atoms with van der Waals surface area (Å²) < 4.78 is 0.170. The number of rotatable bonds is 5. The minimum absolute atomic E-state index is 0.170. The second kappa shape index (κ2) is 6.53. The Morgan fingerprint density at radius 3 is 2.59 bits per heavy atom. The van der Waals surface area contributed by atoms with Gasteiger partial charge in [0.05, 0.1) is 12.0 Å². The first-order valence-electron chi connectivity index (χ1n) is 5.68. The molecule has 1 aromatic carbocycles. The van der Waals surface area contributed by atoms with Crippen LogP contribution in [-0.4, -0.2) is 28.4 Å². The second-order valence-corrected chi connectivity index (χ2v) is 7.08. The molecular weight excluding hydrogens is 254 g/mol. The number of hydrogen-bond donors (Lipinski definition) is 2. The number of halogens is 1. The summed E-state index contributed by atoms with van der Waals surface area (Å²) in [5, 5.41) is 12.7.